The van der Waals surface area contributed by atoms with E-state index in [1.807, 2.05) is 26.0 Å². The summed E-state index contributed by atoms with van der Waals surface area (Å²) in [5.41, 5.74) is 4.13. The number of phenols is 1. The second-order valence-corrected chi connectivity index (χ2v) is 5.78. The third-order valence-corrected chi connectivity index (χ3v) is 3.65. The zero-order valence-electron chi connectivity index (χ0n) is 11.6. The fourth-order valence-corrected chi connectivity index (χ4v) is 2.88. The highest BCUT2D eigenvalue weighted by Crippen LogP contribution is 2.26. The normalized spacial score (nSPS) is 10.4. The highest BCUT2D eigenvalue weighted by atomic mass is 79.9. The molecule has 0 saturated heterocycles. The van der Waals surface area contributed by atoms with E-state index in [1.54, 1.807) is 19.1 Å². The summed E-state index contributed by atoms with van der Waals surface area (Å²) in [6, 6.07) is 8.65. The summed E-state index contributed by atoms with van der Waals surface area (Å²) >= 11 is 3.44. The lowest BCUT2D eigenvalue weighted by Gasteiger charge is -2.13. The topological polar surface area (TPSA) is 49.3 Å². The van der Waals surface area contributed by atoms with E-state index in [2.05, 4.69) is 21.2 Å². The van der Waals surface area contributed by atoms with Gasteiger partial charge < -0.3 is 10.4 Å². The van der Waals surface area contributed by atoms with Crippen molar-refractivity contribution in [1.29, 1.82) is 0 Å². The number of aryl methyl sites for hydroxylation is 3. The first-order valence-electron chi connectivity index (χ1n) is 6.26. The Bertz CT molecular complexity index is 657. The van der Waals surface area contributed by atoms with Crippen molar-refractivity contribution in [2.24, 2.45) is 0 Å². The van der Waals surface area contributed by atoms with Crippen molar-refractivity contribution >= 4 is 27.5 Å². The number of benzene rings is 2. The number of hydrogen-bond acceptors (Lipinski definition) is 2. The van der Waals surface area contributed by atoms with Crippen molar-refractivity contribution in [3.05, 3.63) is 57.1 Å². The fourth-order valence-electron chi connectivity index (χ4n) is 2.19. The van der Waals surface area contributed by atoms with E-state index in [0.29, 0.717) is 5.56 Å². The van der Waals surface area contributed by atoms with Gasteiger partial charge in [-0.25, -0.2) is 0 Å². The van der Waals surface area contributed by atoms with Crippen molar-refractivity contribution in [2.75, 3.05) is 5.32 Å². The van der Waals surface area contributed by atoms with Gasteiger partial charge in [0.1, 0.15) is 5.75 Å². The third kappa shape index (κ3) is 3.02. The molecule has 0 atom stereocenters. The summed E-state index contributed by atoms with van der Waals surface area (Å²) < 4.78 is 0.992. The Morgan fingerprint density at radius 3 is 2.20 bits per heavy atom. The Labute approximate surface area is 126 Å². The van der Waals surface area contributed by atoms with Crippen molar-refractivity contribution in [1.82, 2.24) is 0 Å². The lowest BCUT2D eigenvalue weighted by molar-refractivity contribution is 0.102. The second kappa shape index (κ2) is 5.67. The van der Waals surface area contributed by atoms with Gasteiger partial charge in [0.25, 0.3) is 5.91 Å². The molecule has 0 aromatic heterocycles. The van der Waals surface area contributed by atoms with Crippen LogP contribution in [0.15, 0.2) is 34.8 Å². The number of carbonyl (C=O) groups is 1. The minimum atomic E-state index is -0.170. The Balaban J connectivity index is 2.33. The number of anilines is 1. The molecule has 104 valence electrons. The molecule has 0 aliphatic heterocycles. The maximum Gasteiger partial charge on any atom is 0.255 e. The molecule has 2 aromatic rings. The molecule has 0 spiro atoms. The van der Waals surface area contributed by atoms with Gasteiger partial charge in [-0.15, -0.1) is 0 Å². The molecule has 4 heteroatoms. The predicted molar refractivity (Wildman–Crippen MR) is 84.4 cm³/mol. The minimum absolute atomic E-state index is 0.162. The molecule has 0 saturated carbocycles. The first kappa shape index (κ1) is 14.6. The van der Waals surface area contributed by atoms with Gasteiger partial charge in [-0.1, -0.05) is 15.9 Å². The van der Waals surface area contributed by atoms with Gasteiger partial charge in [-0.2, -0.15) is 0 Å². The quantitative estimate of drug-likeness (QED) is 0.859. The fraction of sp³-hybridized carbons (Fsp3) is 0.188. The molecule has 2 rings (SSSR count). The first-order valence-corrected chi connectivity index (χ1v) is 7.05. The molecule has 0 radical (unpaired) electrons. The van der Waals surface area contributed by atoms with E-state index in [9.17, 15) is 9.90 Å². The third-order valence-electron chi connectivity index (χ3n) is 3.19. The smallest absolute Gasteiger partial charge is 0.255 e. The Morgan fingerprint density at radius 1 is 1.05 bits per heavy atom. The maximum absolute atomic E-state index is 12.3. The number of hydrogen-bond donors (Lipinski definition) is 2. The Kier molecular flexibility index (Phi) is 4.14. The standard InChI is InChI=1S/C16H16BrNO2/c1-9-8-13(19)4-5-14(9)16(20)18-15-10(2)6-12(17)7-11(15)3/h4-8,19H,1-3H3,(H,18,20). The lowest BCUT2D eigenvalue weighted by atomic mass is 10.1. The highest BCUT2D eigenvalue weighted by molar-refractivity contribution is 9.10. The van der Waals surface area contributed by atoms with E-state index in [4.69, 9.17) is 0 Å². The monoisotopic (exact) mass is 333 g/mol. The number of phenolic OH excluding ortho intramolecular Hbond substituents is 1. The molecular weight excluding hydrogens is 318 g/mol. The average molecular weight is 334 g/mol. The summed E-state index contributed by atoms with van der Waals surface area (Å²) in [6.45, 7) is 5.71. The van der Waals surface area contributed by atoms with Gasteiger partial charge in [-0.05, 0) is 67.8 Å². The molecule has 0 bridgehead atoms. The molecule has 0 unspecified atom stereocenters. The van der Waals surface area contributed by atoms with Crippen LogP contribution in [0.4, 0.5) is 5.69 Å². The molecule has 2 aromatic carbocycles. The molecule has 0 fully saturated rings. The van der Waals surface area contributed by atoms with Crippen LogP contribution in [0.1, 0.15) is 27.0 Å². The van der Waals surface area contributed by atoms with Crippen molar-refractivity contribution in [2.45, 2.75) is 20.8 Å². The Hall–Kier alpha value is -1.81. The maximum atomic E-state index is 12.3. The number of rotatable bonds is 2. The molecule has 0 aliphatic rings. The molecule has 3 nitrogen and oxygen atoms in total. The number of carbonyl (C=O) groups excluding carboxylic acids is 1. The van der Waals surface area contributed by atoms with Crippen molar-refractivity contribution in [3.63, 3.8) is 0 Å². The molecule has 1 amide bonds. The summed E-state index contributed by atoms with van der Waals surface area (Å²) in [7, 11) is 0. The van der Waals surface area contributed by atoms with E-state index in [-0.39, 0.29) is 11.7 Å². The minimum Gasteiger partial charge on any atom is -0.508 e. The summed E-state index contributed by atoms with van der Waals surface area (Å²) in [6.07, 6.45) is 0. The molecule has 2 N–H and O–H groups in total. The number of nitrogens with one attached hydrogen (secondary N) is 1. The average Bonchev–Trinajstić information content (AvgIpc) is 2.33. The van der Waals surface area contributed by atoms with Gasteiger partial charge in [-0.3, -0.25) is 4.79 Å². The van der Waals surface area contributed by atoms with Crippen LogP contribution in [0.5, 0.6) is 5.75 Å². The van der Waals surface area contributed by atoms with Crippen LogP contribution in [0.25, 0.3) is 0 Å². The highest BCUT2D eigenvalue weighted by Gasteiger charge is 2.12. The van der Waals surface area contributed by atoms with Crippen molar-refractivity contribution < 1.29 is 9.90 Å². The number of halogens is 1. The van der Waals surface area contributed by atoms with Gasteiger partial charge in [0.05, 0.1) is 0 Å². The lowest BCUT2D eigenvalue weighted by Crippen LogP contribution is -2.15. The van der Waals surface area contributed by atoms with E-state index < -0.39 is 0 Å². The summed E-state index contributed by atoms with van der Waals surface area (Å²) in [5.74, 6) is -0.00826. The summed E-state index contributed by atoms with van der Waals surface area (Å²) in [5, 5.41) is 12.3. The summed E-state index contributed by atoms with van der Waals surface area (Å²) in [4.78, 5) is 12.3. The zero-order chi connectivity index (χ0) is 14.9. The zero-order valence-corrected chi connectivity index (χ0v) is 13.2. The molecule has 20 heavy (non-hydrogen) atoms. The molecule has 0 aliphatic carbocycles. The number of aromatic hydroxyl groups is 1. The molecular formula is C16H16BrNO2. The SMILES string of the molecule is Cc1cc(O)ccc1C(=O)Nc1c(C)cc(Br)cc1C. The van der Waals surface area contributed by atoms with Crippen molar-refractivity contribution in [3.8, 4) is 5.75 Å². The van der Waals surface area contributed by atoms with Crippen LogP contribution in [-0.2, 0) is 0 Å². The number of amides is 1. The van der Waals surface area contributed by atoms with Crippen LogP contribution >= 0.6 is 15.9 Å². The van der Waals surface area contributed by atoms with Gasteiger partial charge in [0, 0.05) is 15.7 Å². The van der Waals surface area contributed by atoms with E-state index >= 15 is 0 Å². The van der Waals surface area contributed by atoms with Gasteiger partial charge in [0.2, 0.25) is 0 Å². The Morgan fingerprint density at radius 2 is 1.65 bits per heavy atom. The molecule has 0 heterocycles. The largest absolute Gasteiger partial charge is 0.508 e. The second-order valence-electron chi connectivity index (χ2n) is 4.87. The predicted octanol–water partition coefficient (Wildman–Crippen LogP) is 4.33. The van der Waals surface area contributed by atoms with Crippen LogP contribution in [0.3, 0.4) is 0 Å². The van der Waals surface area contributed by atoms with E-state index in [0.717, 1.165) is 26.9 Å². The van der Waals surface area contributed by atoms with Crippen LogP contribution in [-0.4, -0.2) is 11.0 Å². The van der Waals surface area contributed by atoms with Crippen LogP contribution in [0, 0.1) is 20.8 Å². The van der Waals surface area contributed by atoms with Gasteiger partial charge in [0.15, 0.2) is 0 Å². The first-order chi connectivity index (χ1) is 9.38. The van der Waals surface area contributed by atoms with Crippen LogP contribution < -0.4 is 5.32 Å². The van der Waals surface area contributed by atoms with Gasteiger partial charge >= 0.3 is 0 Å². The van der Waals surface area contributed by atoms with Crippen LogP contribution in [0.2, 0.25) is 0 Å². The van der Waals surface area contributed by atoms with E-state index in [1.165, 1.54) is 6.07 Å².